The van der Waals surface area contributed by atoms with Gasteiger partial charge in [0.1, 0.15) is 86.2 Å². The van der Waals surface area contributed by atoms with Crippen molar-refractivity contribution in [2.75, 3.05) is 59.4 Å². The summed E-state index contributed by atoms with van der Waals surface area (Å²) in [6.45, 7) is 14.9. The first-order chi connectivity index (χ1) is 52.7. The van der Waals surface area contributed by atoms with Gasteiger partial charge in [-0.2, -0.15) is 9.36 Å². The molecule has 21 atom stereocenters. The fourth-order valence-electron chi connectivity index (χ4n) is 14.1. The third-order valence-electron chi connectivity index (χ3n) is 20.5. The molecule has 8 rings (SSSR count). The van der Waals surface area contributed by atoms with Crippen molar-refractivity contribution < 1.29 is 123 Å². The summed E-state index contributed by atoms with van der Waals surface area (Å²) >= 11 is 0. The minimum absolute atomic E-state index is 0.0141. The predicted molar refractivity (Wildman–Crippen MR) is 382 cm³/mol. The summed E-state index contributed by atoms with van der Waals surface area (Å²) in [7, 11) is 0. The van der Waals surface area contributed by atoms with Crippen LogP contribution in [0.25, 0.3) is 0 Å². The van der Waals surface area contributed by atoms with Crippen molar-refractivity contribution in [2.45, 2.75) is 307 Å². The molecule has 4 aliphatic heterocycles. The lowest BCUT2D eigenvalue weighted by molar-refractivity contribution is -0.754. The van der Waals surface area contributed by atoms with Crippen LogP contribution in [0.4, 0.5) is 0 Å². The molecule has 0 bridgehead atoms. The highest BCUT2D eigenvalue weighted by atomic mass is 16.7. The number of Topliss-reactive ketones (excluding diaryl/α,β-unsaturated/α-hetero) is 1. The van der Waals surface area contributed by atoms with Gasteiger partial charge in [-0.25, -0.2) is 0 Å². The number of rotatable bonds is 48. The van der Waals surface area contributed by atoms with Gasteiger partial charge in [0.2, 0.25) is 23.2 Å². The summed E-state index contributed by atoms with van der Waals surface area (Å²) in [6, 6.07) is -2.72. The van der Waals surface area contributed by atoms with Crippen molar-refractivity contribution in [2.24, 2.45) is 17.3 Å². The highest BCUT2D eigenvalue weighted by Crippen LogP contribution is 2.31. The Balaban J connectivity index is 0.929. The fraction of sp³-hybridized carbons (Fsp3) is 0.845. The molecule has 0 aliphatic carbocycles. The van der Waals surface area contributed by atoms with Gasteiger partial charge in [-0.15, -0.1) is 10.2 Å². The summed E-state index contributed by atoms with van der Waals surface area (Å²) in [4.78, 5) is 43.4. The standard InChI is InChI=1S/C71H122N16O23/c1-43-58(94)60(96)52(39-88)107-67(43)103-27-16-8-12-23-84-35-47(74-78-84)31-82(32-48-36-85(79-75-48)24-14-10-18-29-105-69-56(72-45(3)92)64(100)62(98)54(41-90)109-69)22-20-21-51(66(102)71(5,6)7)83(33-49-37-86(80-76-49)25-13-9-17-28-104-68-44(2)59(95)61(97)53(40-89)108-68)34-50-38-87(81-77-50)26-15-11-19-30-106-70-57(73-46(4)93)65(101)63(99)55(42-91)110-70/h35-38,43-44,51-65,67-70,88-91,94-101H,8-34,39-42H2,1-7H3,(H2,72,73,92,93)/p+2/t43-,44-,51-,52-,53-,54-,55-,56-,57-,58-,59-,60+,61+,62+,63+,64-,65-,67-,68-,69-,70-/m1/s1. The van der Waals surface area contributed by atoms with Crippen LogP contribution in [0.15, 0.2) is 24.8 Å². The summed E-state index contributed by atoms with van der Waals surface area (Å²) in [5, 5.41) is 162. The van der Waals surface area contributed by atoms with Crippen LogP contribution in [0.2, 0.25) is 0 Å². The van der Waals surface area contributed by atoms with Gasteiger partial charge in [-0.3, -0.25) is 33.5 Å². The third kappa shape index (κ3) is 26.7. The number of aliphatic hydroxyl groups excluding tert-OH is 12. The molecule has 8 heterocycles. The zero-order chi connectivity index (χ0) is 79.6. The molecule has 110 heavy (non-hydrogen) atoms. The molecule has 0 spiro atoms. The Morgan fingerprint density at radius 1 is 0.500 bits per heavy atom. The quantitative estimate of drug-likeness (QED) is 0.0149. The molecular weight excluding hydrogens is 1440 g/mol. The number of amides is 2. The first-order valence-corrected chi connectivity index (χ1v) is 38.9. The van der Waals surface area contributed by atoms with Gasteiger partial charge in [0.05, 0.1) is 69.2 Å². The first kappa shape index (κ1) is 89.8. The van der Waals surface area contributed by atoms with E-state index < -0.39 is 172 Å². The summed E-state index contributed by atoms with van der Waals surface area (Å²) in [5.74, 6) is -1.87. The molecule has 39 nitrogen and oxygen atoms in total. The Kier molecular flexibility index (Phi) is 36.6. The van der Waals surface area contributed by atoms with Gasteiger partial charge in [0, 0.05) is 106 Å². The Morgan fingerprint density at radius 2 is 0.864 bits per heavy atom. The van der Waals surface area contributed by atoms with E-state index in [2.05, 4.69) is 51.5 Å². The molecule has 4 aromatic heterocycles. The number of aromatic amines is 2. The number of aliphatic hydroxyl groups is 12. The number of hydrogen-bond donors (Lipinski definition) is 16. The predicted octanol–water partition coefficient (Wildman–Crippen LogP) is -3.86. The zero-order valence-corrected chi connectivity index (χ0v) is 64.6. The smallest absolute Gasteiger partial charge is 0.232 e. The lowest BCUT2D eigenvalue weighted by Gasteiger charge is -2.42. The molecule has 16 N–H and O–H groups in total. The number of carbonyl (C=O) groups excluding carboxylic acids is 3. The molecule has 39 heteroatoms. The second-order valence-electron chi connectivity index (χ2n) is 30.6. The van der Waals surface area contributed by atoms with Crippen LogP contribution in [0, 0.1) is 17.3 Å². The Morgan fingerprint density at radius 3 is 1.27 bits per heavy atom. The van der Waals surface area contributed by atoms with Gasteiger partial charge in [0.15, 0.2) is 43.3 Å². The average molecular weight is 1570 g/mol. The molecule has 0 unspecified atom stereocenters. The van der Waals surface area contributed by atoms with E-state index in [9.17, 15) is 70.9 Å². The molecule has 0 radical (unpaired) electrons. The normalized spacial score (nSPS) is 29.1. The SMILES string of the molecule is CC(=O)N[C@H]1[C@H](OCCCCC[n+]2cc(CN(CCC[C@H](C(=O)C(C)(C)C)N(Cc3cn(CCCCCO[C@@H]4O[C@H](CO)[C@H](O)[C@H](O)[C@H]4C)nn3)Cc3c[n+](CCCCCO[C@@H]4O[C@H](CO)[C@H](O)[C@H](O)[C@H]4NC(C)=O)[nH]n3)Cc3cn(CCCCCO[C@@H]4O[C@H](CO)[C@H](O)[C@H](O)[C@H]4C)nn3)n[nH]2)O[C@H](CO)[C@H](O)[C@@H]1O. The molecular formula is C71H124N16O23+2. The molecule has 4 fully saturated rings. The van der Waals surface area contributed by atoms with E-state index in [0.29, 0.717) is 122 Å². The summed E-state index contributed by atoms with van der Waals surface area (Å²) < 4.78 is 54.0. The lowest BCUT2D eigenvalue weighted by atomic mass is 9.84. The van der Waals surface area contributed by atoms with Gasteiger partial charge >= 0.3 is 0 Å². The maximum absolute atomic E-state index is 15.1. The zero-order valence-electron chi connectivity index (χ0n) is 64.6. The van der Waals surface area contributed by atoms with Crippen LogP contribution in [0.1, 0.15) is 161 Å². The van der Waals surface area contributed by atoms with Gasteiger partial charge in [-0.05, 0) is 96.4 Å². The molecule has 4 aromatic rings. The van der Waals surface area contributed by atoms with Crippen molar-refractivity contribution in [1.29, 1.82) is 0 Å². The maximum atomic E-state index is 15.1. The number of hydrogen-bond acceptors (Lipinski definition) is 31. The van der Waals surface area contributed by atoms with Crippen LogP contribution >= 0.6 is 0 Å². The van der Waals surface area contributed by atoms with E-state index in [-0.39, 0.29) is 32.1 Å². The monoisotopic (exact) mass is 1570 g/mol. The highest BCUT2D eigenvalue weighted by Gasteiger charge is 2.48. The van der Waals surface area contributed by atoms with E-state index >= 15 is 4.79 Å². The van der Waals surface area contributed by atoms with Crippen LogP contribution < -0.4 is 20.0 Å². The number of unbranched alkanes of at least 4 members (excludes halogenated alkanes) is 8. The van der Waals surface area contributed by atoms with Crippen LogP contribution in [-0.4, -0.2) is 315 Å². The van der Waals surface area contributed by atoms with Crippen molar-refractivity contribution >= 4 is 17.6 Å². The number of H-pyrrole nitrogens is 2. The Hall–Kier alpha value is -5.71. The summed E-state index contributed by atoms with van der Waals surface area (Å²) in [5.41, 5.74) is 2.00. The minimum Gasteiger partial charge on any atom is -0.394 e. The first-order valence-electron chi connectivity index (χ1n) is 38.9. The number of nitrogens with one attached hydrogen (secondary N) is 4. The topological polar surface area (TPSA) is 525 Å². The third-order valence-corrected chi connectivity index (χ3v) is 20.5. The second kappa shape index (κ2) is 44.8. The highest BCUT2D eigenvalue weighted by molar-refractivity contribution is 5.88. The lowest BCUT2D eigenvalue weighted by Crippen LogP contribution is -2.64. The number of ketones is 1. The summed E-state index contributed by atoms with van der Waals surface area (Å²) in [6.07, 6.45) is -1.06. The largest absolute Gasteiger partial charge is 0.394 e. The van der Waals surface area contributed by atoms with Gasteiger partial charge < -0.3 is 110 Å². The Labute approximate surface area is 640 Å². The number of aromatic nitrogens is 12. The van der Waals surface area contributed by atoms with Crippen LogP contribution in [0.5, 0.6) is 0 Å². The van der Waals surface area contributed by atoms with E-state index in [1.165, 1.54) is 13.8 Å². The van der Waals surface area contributed by atoms with Crippen molar-refractivity contribution in [3.63, 3.8) is 0 Å². The number of carbonyl (C=O) groups is 3. The number of aryl methyl sites for hydroxylation is 4. The van der Waals surface area contributed by atoms with E-state index in [4.69, 9.17) is 48.1 Å². The van der Waals surface area contributed by atoms with E-state index in [0.717, 1.165) is 49.9 Å². The maximum Gasteiger partial charge on any atom is 0.232 e. The minimum atomic E-state index is -1.43. The fourth-order valence-corrected chi connectivity index (χ4v) is 14.1. The molecule has 0 saturated carbocycles. The number of ether oxygens (including phenoxy) is 8. The Bertz CT molecular complexity index is 3310. The van der Waals surface area contributed by atoms with E-state index in [1.54, 1.807) is 23.2 Å². The van der Waals surface area contributed by atoms with Crippen molar-refractivity contribution in [3.05, 3.63) is 47.6 Å². The molecule has 4 saturated heterocycles. The van der Waals surface area contributed by atoms with Crippen LogP contribution in [-0.2, 0) is 105 Å². The molecule has 0 aromatic carbocycles. The van der Waals surface area contributed by atoms with Gasteiger partial charge in [0.25, 0.3) is 0 Å². The average Bonchev–Trinajstić information content (AvgIpc) is 0.940. The van der Waals surface area contributed by atoms with Crippen LogP contribution in [0.3, 0.4) is 0 Å². The van der Waals surface area contributed by atoms with Crippen molar-refractivity contribution in [3.8, 4) is 0 Å². The molecule has 2 amide bonds. The molecule has 624 valence electrons. The number of nitrogens with zero attached hydrogens (tertiary/aromatic N) is 12. The van der Waals surface area contributed by atoms with Gasteiger partial charge in [-0.1, -0.05) is 55.5 Å². The molecule has 4 aliphatic rings. The van der Waals surface area contributed by atoms with Crippen molar-refractivity contribution in [1.82, 2.24) is 71.0 Å². The van der Waals surface area contributed by atoms with E-state index in [1.807, 2.05) is 54.9 Å². The second-order valence-corrected chi connectivity index (χ2v) is 30.6.